The molecule has 1 aliphatic heterocycles. The van der Waals surface area contributed by atoms with Gasteiger partial charge >= 0.3 is 132 Å². The van der Waals surface area contributed by atoms with Crippen molar-refractivity contribution < 1.29 is 24.8 Å². The molecule has 5 atom stereocenters. The zero-order chi connectivity index (χ0) is 15.9. The molecule has 0 spiro atoms. The van der Waals surface area contributed by atoms with Crippen LogP contribution in [0.15, 0.2) is 29.1 Å². The number of aliphatic hydroxyl groups is 3. The normalized spacial score (nSPS) is 32.5. The molecule has 0 aliphatic carbocycles. The van der Waals surface area contributed by atoms with Gasteiger partial charge in [-0.1, -0.05) is 0 Å². The SMILES string of the molecule is CO[C@@H]1O[C@H](CO)[C@@H](O)[C@H](O)[C@H]1n1[se]c2ccccc2c1=O. The van der Waals surface area contributed by atoms with Gasteiger partial charge in [-0.25, -0.2) is 0 Å². The first-order chi connectivity index (χ1) is 10.6. The Morgan fingerprint density at radius 2 is 2.05 bits per heavy atom. The van der Waals surface area contributed by atoms with Gasteiger partial charge in [0.25, 0.3) is 0 Å². The van der Waals surface area contributed by atoms with Crippen LogP contribution in [0.2, 0.25) is 0 Å². The van der Waals surface area contributed by atoms with E-state index in [9.17, 15) is 20.1 Å². The van der Waals surface area contributed by atoms with Crippen LogP contribution in [0, 0.1) is 0 Å². The number of benzene rings is 1. The van der Waals surface area contributed by atoms with Gasteiger partial charge in [0.15, 0.2) is 0 Å². The summed E-state index contributed by atoms with van der Waals surface area (Å²) in [7, 11) is 1.40. The topological polar surface area (TPSA) is 101 Å². The fourth-order valence-corrected chi connectivity index (χ4v) is 5.07. The minimum atomic E-state index is -1.28. The Labute approximate surface area is 132 Å². The summed E-state index contributed by atoms with van der Waals surface area (Å²) in [6.45, 7) is -0.440. The molecule has 3 N–H and O–H groups in total. The number of aliphatic hydroxyl groups excluding tert-OH is 3. The summed E-state index contributed by atoms with van der Waals surface area (Å²) in [6, 6.07) is 6.44. The molecule has 120 valence electrons. The van der Waals surface area contributed by atoms with E-state index in [1.807, 2.05) is 12.1 Å². The first-order valence-electron chi connectivity index (χ1n) is 6.84. The summed E-state index contributed by atoms with van der Waals surface area (Å²) in [4.78, 5) is 12.5. The summed E-state index contributed by atoms with van der Waals surface area (Å²) < 4.78 is 13.1. The van der Waals surface area contributed by atoms with Gasteiger partial charge in [-0.15, -0.1) is 0 Å². The molecule has 1 fully saturated rings. The van der Waals surface area contributed by atoms with Crippen LogP contribution < -0.4 is 5.56 Å². The standard InChI is InChI=1S/C14H17NO6Se/c1-20-14-10(12(18)11(17)8(6-16)21-14)15-13(19)7-4-2-3-5-9(7)22-15/h2-5,8,10-12,14,16-18H,6H2,1H3/t8-,10-,11-,12-,14-/m1/s1. The van der Waals surface area contributed by atoms with Crippen LogP contribution in [0.5, 0.6) is 0 Å². The summed E-state index contributed by atoms with van der Waals surface area (Å²) >= 11 is -0.328. The van der Waals surface area contributed by atoms with Crippen molar-refractivity contribution in [2.75, 3.05) is 13.7 Å². The van der Waals surface area contributed by atoms with E-state index >= 15 is 0 Å². The molecule has 0 amide bonds. The molecule has 0 unspecified atom stereocenters. The summed E-state index contributed by atoms with van der Waals surface area (Å²) in [5.41, 5.74) is -0.208. The zero-order valence-corrected chi connectivity index (χ0v) is 13.5. The first kappa shape index (κ1) is 15.9. The second-order valence-corrected chi connectivity index (χ2v) is 7.28. The summed E-state index contributed by atoms with van der Waals surface area (Å²) in [5.74, 6) is 0. The maximum absolute atomic E-state index is 12.5. The van der Waals surface area contributed by atoms with Crippen LogP contribution in [-0.2, 0) is 9.47 Å². The van der Waals surface area contributed by atoms with Crippen molar-refractivity contribution in [3.63, 3.8) is 0 Å². The van der Waals surface area contributed by atoms with Crippen molar-refractivity contribution >= 4 is 24.4 Å². The van der Waals surface area contributed by atoms with Gasteiger partial charge in [-0.2, -0.15) is 0 Å². The van der Waals surface area contributed by atoms with Gasteiger partial charge in [0, 0.05) is 0 Å². The Morgan fingerprint density at radius 1 is 1.32 bits per heavy atom. The van der Waals surface area contributed by atoms with Crippen LogP contribution in [0.25, 0.3) is 9.65 Å². The van der Waals surface area contributed by atoms with Crippen molar-refractivity contribution in [2.45, 2.75) is 30.6 Å². The van der Waals surface area contributed by atoms with E-state index in [0.29, 0.717) is 5.39 Å². The number of rotatable bonds is 3. The monoisotopic (exact) mass is 375 g/mol. The van der Waals surface area contributed by atoms with Crippen molar-refractivity contribution in [1.82, 2.24) is 3.56 Å². The Kier molecular flexibility index (Phi) is 4.51. The maximum atomic E-state index is 12.5. The van der Waals surface area contributed by atoms with E-state index in [2.05, 4.69) is 0 Å². The molecule has 22 heavy (non-hydrogen) atoms. The van der Waals surface area contributed by atoms with E-state index in [1.54, 1.807) is 12.1 Å². The Balaban J connectivity index is 2.07. The van der Waals surface area contributed by atoms with E-state index in [-0.39, 0.29) is 20.3 Å². The van der Waals surface area contributed by atoms with E-state index in [0.717, 1.165) is 4.26 Å². The van der Waals surface area contributed by atoms with E-state index < -0.39 is 37.3 Å². The Morgan fingerprint density at radius 3 is 2.68 bits per heavy atom. The number of hydrogen-bond donors (Lipinski definition) is 3. The van der Waals surface area contributed by atoms with Gasteiger partial charge in [-0.3, -0.25) is 0 Å². The van der Waals surface area contributed by atoms with Crippen LogP contribution >= 0.6 is 0 Å². The molecular formula is C14H17NO6Se. The molecule has 1 aliphatic rings. The van der Waals surface area contributed by atoms with Gasteiger partial charge in [0.1, 0.15) is 0 Å². The number of hydrogen-bond acceptors (Lipinski definition) is 6. The van der Waals surface area contributed by atoms with E-state index in [1.165, 1.54) is 10.7 Å². The number of aromatic nitrogens is 1. The van der Waals surface area contributed by atoms with Crippen LogP contribution in [0.1, 0.15) is 6.04 Å². The van der Waals surface area contributed by atoms with Gasteiger partial charge < -0.3 is 0 Å². The number of fused-ring (bicyclic) bond motifs is 1. The third-order valence-corrected chi connectivity index (χ3v) is 6.30. The van der Waals surface area contributed by atoms with Crippen LogP contribution in [-0.4, -0.2) is 71.9 Å². The number of methoxy groups -OCH3 is 1. The Bertz CT molecular complexity index is 711. The van der Waals surface area contributed by atoms with Crippen molar-refractivity contribution in [3.8, 4) is 0 Å². The second kappa shape index (κ2) is 6.25. The van der Waals surface area contributed by atoms with Crippen LogP contribution in [0.3, 0.4) is 0 Å². The fraction of sp³-hybridized carbons (Fsp3) is 0.500. The van der Waals surface area contributed by atoms with E-state index in [4.69, 9.17) is 9.47 Å². The Hall–Kier alpha value is -0.991. The molecule has 2 aromatic rings. The number of ether oxygens (including phenoxy) is 2. The molecule has 0 radical (unpaired) electrons. The van der Waals surface area contributed by atoms with Gasteiger partial charge in [0.05, 0.1) is 0 Å². The van der Waals surface area contributed by atoms with Crippen molar-refractivity contribution in [2.24, 2.45) is 0 Å². The summed E-state index contributed by atoms with van der Waals surface area (Å²) in [5, 5.41) is 30.3. The van der Waals surface area contributed by atoms with Gasteiger partial charge in [0.2, 0.25) is 0 Å². The third-order valence-electron chi connectivity index (χ3n) is 3.87. The minimum absolute atomic E-state index is 0.208. The molecule has 0 saturated carbocycles. The molecule has 7 nitrogen and oxygen atoms in total. The molecular weight excluding hydrogens is 357 g/mol. The predicted molar refractivity (Wildman–Crippen MR) is 79.0 cm³/mol. The molecule has 1 saturated heterocycles. The van der Waals surface area contributed by atoms with Gasteiger partial charge in [-0.05, 0) is 0 Å². The molecule has 1 aromatic carbocycles. The molecule has 8 heteroatoms. The average Bonchev–Trinajstić information content (AvgIpc) is 2.87. The molecule has 0 bridgehead atoms. The molecule has 2 heterocycles. The predicted octanol–water partition coefficient (Wildman–Crippen LogP) is -1.32. The molecule has 3 rings (SSSR count). The van der Waals surface area contributed by atoms with Crippen molar-refractivity contribution in [3.05, 3.63) is 34.6 Å². The number of nitrogens with zero attached hydrogens (tertiary/aromatic N) is 1. The third kappa shape index (κ3) is 2.47. The fourth-order valence-electron chi connectivity index (χ4n) is 2.70. The van der Waals surface area contributed by atoms with Crippen LogP contribution in [0.4, 0.5) is 0 Å². The molecule has 1 aromatic heterocycles. The average molecular weight is 374 g/mol. The van der Waals surface area contributed by atoms with Crippen molar-refractivity contribution in [1.29, 1.82) is 0 Å². The second-order valence-electron chi connectivity index (χ2n) is 5.15. The summed E-state index contributed by atoms with van der Waals surface area (Å²) in [6.07, 6.45) is -4.39. The first-order valence-corrected chi connectivity index (χ1v) is 8.46. The zero-order valence-electron chi connectivity index (χ0n) is 11.8. The quantitative estimate of drug-likeness (QED) is 0.577.